The molecule has 0 aliphatic heterocycles. The molecule has 0 radical (unpaired) electrons. The molecule has 8 rings (SSSR count). The first-order valence-corrected chi connectivity index (χ1v) is 10.5. The molecule has 0 amide bonds. The van der Waals surface area contributed by atoms with Crippen LogP contribution in [0.15, 0.2) is 58.4 Å². The quantitative estimate of drug-likeness (QED) is 0.365. The van der Waals surface area contributed by atoms with Crippen LogP contribution in [0.25, 0.3) is 64.6 Å². The predicted octanol–water partition coefficient (Wildman–Crippen LogP) is 3.62. The number of benzene rings is 1. The van der Waals surface area contributed by atoms with Crippen molar-refractivity contribution in [2.75, 3.05) is 0 Å². The number of aromatic amines is 2. The summed E-state index contributed by atoms with van der Waals surface area (Å²) in [5.41, 5.74) is 3.81. The van der Waals surface area contributed by atoms with Crippen molar-refractivity contribution in [1.82, 2.24) is 28.7 Å². The zero-order valence-electron chi connectivity index (χ0n) is 15.6. The molecule has 146 valence electrons. The highest BCUT2D eigenvalue weighted by molar-refractivity contribution is 7.26. The van der Waals surface area contributed by atoms with Crippen LogP contribution in [-0.4, -0.2) is 28.7 Å². The van der Waals surface area contributed by atoms with Crippen LogP contribution >= 0.6 is 11.3 Å². The Morgan fingerprint density at radius 2 is 1.32 bits per heavy atom. The lowest BCUT2D eigenvalue weighted by molar-refractivity contribution is 1.15. The number of H-pyrrole nitrogens is 2. The smallest absolute Gasteiger partial charge is 0.276 e. The normalized spacial score (nSPS) is 12.8. The van der Waals surface area contributed by atoms with Gasteiger partial charge in [0.05, 0.1) is 15.7 Å². The molecule has 0 fully saturated rings. The van der Waals surface area contributed by atoms with Gasteiger partial charge in [0.15, 0.2) is 11.3 Å². The van der Waals surface area contributed by atoms with Crippen molar-refractivity contribution in [3.63, 3.8) is 0 Å². The fraction of sp³-hybridized carbons (Fsp3) is 0. The number of hydrogen-bond donors (Lipinski definition) is 2. The first-order valence-electron chi connectivity index (χ1n) is 9.69. The number of imidazole rings is 2. The van der Waals surface area contributed by atoms with E-state index in [0.717, 1.165) is 31.9 Å². The molecule has 2 N–H and O–H groups in total. The van der Waals surface area contributed by atoms with Gasteiger partial charge in [0.1, 0.15) is 16.0 Å². The van der Waals surface area contributed by atoms with Gasteiger partial charge in [-0.1, -0.05) is 0 Å². The van der Waals surface area contributed by atoms with Crippen molar-refractivity contribution in [3.8, 4) is 0 Å². The van der Waals surface area contributed by atoms with Gasteiger partial charge >= 0.3 is 0 Å². The first-order chi connectivity index (χ1) is 15.2. The van der Waals surface area contributed by atoms with E-state index in [1.54, 1.807) is 21.2 Å². The average Bonchev–Trinajstić information content (AvgIpc) is 3.48. The summed E-state index contributed by atoms with van der Waals surface area (Å²) in [4.78, 5) is 42.6. The highest BCUT2D eigenvalue weighted by Crippen LogP contribution is 2.41. The Hall–Kier alpha value is -4.24. The van der Waals surface area contributed by atoms with Crippen LogP contribution in [0.1, 0.15) is 0 Å². The molecule has 8 nitrogen and oxygen atoms in total. The third-order valence-corrected chi connectivity index (χ3v) is 7.30. The Bertz CT molecular complexity index is 2160. The highest BCUT2D eigenvalue weighted by Gasteiger charge is 2.24. The van der Waals surface area contributed by atoms with Gasteiger partial charge in [0, 0.05) is 33.9 Å². The molecule has 9 heteroatoms. The Morgan fingerprint density at radius 1 is 0.710 bits per heavy atom. The van der Waals surface area contributed by atoms with E-state index in [4.69, 9.17) is 0 Å². The van der Waals surface area contributed by atoms with E-state index >= 15 is 0 Å². The van der Waals surface area contributed by atoms with Crippen LogP contribution in [-0.2, 0) is 0 Å². The third kappa shape index (κ3) is 1.62. The van der Waals surface area contributed by atoms with Crippen LogP contribution in [0.2, 0.25) is 0 Å². The second-order valence-electron chi connectivity index (χ2n) is 7.65. The number of aromatic nitrogens is 6. The van der Waals surface area contributed by atoms with Crippen LogP contribution < -0.4 is 11.1 Å². The van der Waals surface area contributed by atoms with Crippen molar-refractivity contribution in [2.45, 2.75) is 0 Å². The summed E-state index contributed by atoms with van der Waals surface area (Å²) in [6.45, 7) is 0. The second-order valence-corrected chi connectivity index (χ2v) is 8.67. The fourth-order valence-electron chi connectivity index (χ4n) is 4.86. The molecule has 0 aliphatic rings. The summed E-state index contributed by atoms with van der Waals surface area (Å²) < 4.78 is 4.72. The molecule has 8 aromatic rings. The van der Waals surface area contributed by atoms with Crippen LogP contribution in [0, 0.1) is 0 Å². The molecule has 1 aromatic carbocycles. The van der Waals surface area contributed by atoms with Gasteiger partial charge < -0.3 is 9.97 Å². The average molecular weight is 422 g/mol. The summed E-state index contributed by atoms with van der Waals surface area (Å²) in [6, 6.07) is 11.2. The maximum atomic E-state index is 13.6. The van der Waals surface area contributed by atoms with E-state index in [-0.39, 0.29) is 11.1 Å². The Kier molecular flexibility index (Phi) is 2.46. The minimum atomic E-state index is -0.146. The van der Waals surface area contributed by atoms with Gasteiger partial charge in [0.25, 0.3) is 11.1 Å². The molecule has 7 heterocycles. The fourth-order valence-corrected chi connectivity index (χ4v) is 6.11. The summed E-state index contributed by atoms with van der Waals surface area (Å²) >= 11 is 1.40. The van der Waals surface area contributed by atoms with Crippen molar-refractivity contribution in [2.24, 2.45) is 0 Å². The van der Waals surface area contributed by atoms with Gasteiger partial charge in [-0.2, -0.15) is 0 Å². The largest absolute Gasteiger partial charge is 0.338 e. The zero-order chi connectivity index (χ0) is 20.4. The lowest BCUT2D eigenvalue weighted by atomic mass is 10.0. The van der Waals surface area contributed by atoms with Crippen LogP contribution in [0.3, 0.4) is 0 Å². The second kappa shape index (κ2) is 4.90. The zero-order valence-corrected chi connectivity index (χ0v) is 16.4. The first kappa shape index (κ1) is 15.6. The molecule has 7 aromatic heterocycles. The highest BCUT2D eigenvalue weighted by atomic mass is 32.1. The third-order valence-electron chi connectivity index (χ3n) is 6.11. The van der Waals surface area contributed by atoms with Crippen LogP contribution in [0.4, 0.5) is 0 Å². The molecule has 0 saturated carbocycles. The van der Waals surface area contributed by atoms with Gasteiger partial charge in [-0.25, -0.2) is 18.8 Å². The van der Waals surface area contributed by atoms with E-state index in [1.807, 2.05) is 36.4 Å². The van der Waals surface area contributed by atoms with Crippen molar-refractivity contribution < 1.29 is 0 Å². The molecule has 31 heavy (non-hydrogen) atoms. The molecule has 0 bridgehead atoms. The van der Waals surface area contributed by atoms with Gasteiger partial charge in [-0.05, 0) is 36.4 Å². The topological polar surface area (TPSA) is 100 Å². The summed E-state index contributed by atoms with van der Waals surface area (Å²) in [7, 11) is 0. The summed E-state index contributed by atoms with van der Waals surface area (Å²) in [6.07, 6.45) is 3.35. The van der Waals surface area contributed by atoms with E-state index in [1.165, 1.54) is 11.3 Å². The minimum absolute atomic E-state index is 0.138. The van der Waals surface area contributed by atoms with E-state index in [9.17, 15) is 9.59 Å². The van der Waals surface area contributed by atoms with Gasteiger partial charge in [-0.3, -0.25) is 9.59 Å². The van der Waals surface area contributed by atoms with Crippen molar-refractivity contribution in [1.29, 1.82) is 0 Å². The molecule has 0 spiro atoms. The van der Waals surface area contributed by atoms with E-state index in [2.05, 4.69) is 19.9 Å². The molecule has 0 saturated heterocycles. The number of hydrogen-bond acceptors (Lipinski definition) is 5. The Balaban J connectivity index is 1.75. The minimum Gasteiger partial charge on any atom is -0.338 e. The lowest BCUT2D eigenvalue weighted by Gasteiger charge is -2.04. The monoisotopic (exact) mass is 422 g/mol. The maximum absolute atomic E-state index is 13.6. The van der Waals surface area contributed by atoms with Crippen molar-refractivity contribution in [3.05, 3.63) is 69.5 Å². The molecular weight excluding hydrogens is 412 g/mol. The number of fused-ring (bicyclic) bond motifs is 8. The van der Waals surface area contributed by atoms with E-state index < -0.39 is 0 Å². The SMILES string of the molecule is O=c1c2sc3c4c(ccc(c24)c2[nH]c4cccnc4n12)c(=O)n1c2ncccc2[nH]c31. The standard InChI is InChI=1S/C22H10N6O2S/c29-21-10-6-5-9-13-14(10)15(20-26-12-4-2-8-24-19(12)28(20)21)31-16(13)22(30)27-17(9)25-11-3-1-7-23-18(11)27/h1-8,25-26H. The number of pyridine rings is 4. The number of rotatable bonds is 0. The maximum Gasteiger partial charge on any atom is 0.276 e. The Labute approximate surface area is 174 Å². The number of thiophene rings is 1. The summed E-state index contributed by atoms with van der Waals surface area (Å²) in [5, 5.41) is 3.11. The number of nitrogens with zero attached hydrogens (tertiary/aromatic N) is 4. The predicted molar refractivity (Wildman–Crippen MR) is 122 cm³/mol. The van der Waals surface area contributed by atoms with E-state index in [0.29, 0.717) is 32.7 Å². The lowest BCUT2D eigenvalue weighted by Crippen LogP contribution is -2.14. The summed E-state index contributed by atoms with van der Waals surface area (Å²) in [5.74, 6) is 0. The number of nitrogens with one attached hydrogen (secondary N) is 2. The van der Waals surface area contributed by atoms with Crippen LogP contribution in [0.5, 0.6) is 0 Å². The van der Waals surface area contributed by atoms with Crippen molar-refractivity contribution >= 4 is 75.9 Å². The molecule has 0 atom stereocenters. The Morgan fingerprint density at radius 3 is 2.06 bits per heavy atom. The molecular formula is C22H10N6O2S. The molecule has 0 aliphatic carbocycles. The van der Waals surface area contributed by atoms with Gasteiger partial charge in [-0.15, -0.1) is 11.3 Å². The van der Waals surface area contributed by atoms with Gasteiger partial charge in [0.2, 0.25) is 0 Å². The molecule has 0 unspecified atom stereocenters.